The second kappa shape index (κ2) is 15.0. The first-order valence-corrected chi connectivity index (χ1v) is 19.8. The Hall–Kier alpha value is -0.530. The van der Waals surface area contributed by atoms with Crippen LogP contribution in [-0.4, -0.2) is 130 Å². The van der Waals surface area contributed by atoms with Gasteiger partial charge in [-0.05, 0) is 78.9 Å². The van der Waals surface area contributed by atoms with Crippen LogP contribution in [0.15, 0.2) is 0 Å². The molecule has 0 amide bonds. The zero-order valence-electron chi connectivity index (χ0n) is 30.2. The second-order valence-corrected chi connectivity index (χ2v) is 18.2. The Morgan fingerprint density at radius 3 is 2.12 bits per heavy atom. The standard InChI is InChI=1S/C35H62O14S/c1-17(2)19(11-14-47-32-30(41)27(38)22(46-6)16-48-32)8-7-18(3)24-28(39)29(40)31-34(24,5)13-10-23-33(4)12-9-20(36)26(37)25(33)21(15-35(23,31)42)49-50(43,44)45/h17-32,36-42H,7-16H2,1-6H3,(H,43,44,45)/t18-,19-,20+,21+,22-,23?,24?,25?,26+,27+,28-,29-,30-,31?,32-,33-,34-,35+/m1/s1. The number of fused-ring (bicyclic) bond motifs is 5. The number of hydrogen-bond acceptors (Lipinski definition) is 13. The summed E-state index contributed by atoms with van der Waals surface area (Å²) >= 11 is 0. The van der Waals surface area contributed by atoms with E-state index in [0.29, 0.717) is 38.2 Å². The fraction of sp³-hybridized carbons (Fsp3) is 1.00. The van der Waals surface area contributed by atoms with E-state index >= 15 is 0 Å². The molecule has 0 radical (unpaired) electrons. The Kier molecular flexibility index (Phi) is 12.2. The Morgan fingerprint density at radius 2 is 1.50 bits per heavy atom. The number of hydrogen-bond donors (Lipinski definition) is 8. The highest BCUT2D eigenvalue weighted by molar-refractivity contribution is 7.80. The number of rotatable bonds is 12. The molecule has 14 nitrogen and oxygen atoms in total. The lowest BCUT2D eigenvalue weighted by Crippen LogP contribution is -2.71. The summed E-state index contributed by atoms with van der Waals surface area (Å²) in [4.78, 5) is 0. The first-order chi connectivity index (χ1) is 23.2. The van der Waals surface area contributed by atoms with Crippen molar-refractivity contribution in [2.45, 2.75) is 147 Å². The van der Waals surface area contributed by atoms with Gasteiger partial charge in [0.2, 0.25) is 0 Å². The van der Waals surface area contributed by atoms with Crippen LogP contribution in [0.3, 0.4) is 0 Å². The third-order valence-corrected chi connectivity index (χ3v) is 14.7. The molecule has 0 spiro atoms. The minimum Gasteiger partial charge on any atom is -0.390 e. The summed E-state index contributed by atoms with van der Waals surface area (Å²) in [6.45, 7) is 10.6. The van der Waals surface area contributed by atoms with Gasteiger partial charge in [-0.25, -0.2) is 4.18 Å². The molecule has 1 aliphatic heterocycles. The van der Waals surface area contributed by atoms with Gasteiger partial charge in [0.1, 0.15) is 18.3 Å². The van der Waals surface area contributed by atoms with E-state index in [1.807, 2.05) is 13.8 Å². The quantitative estimate of drug-likeness (QED) is 0.131. The molecule has 0 aromatic carbocycles. The van der Waals surface area contributed by atoms with Crippen LogP contribution in [0.4, 0.5) is 0 Å². The van der Waals surface area contributed by atoms with Crippen molar-refractivity contribution in [3.05, 3.63) is 0 Å². The maximum absolute atomic E-state index is 12.8. The van der Waals surface area contributed by atoms with Gasteiger partial charge < -0.3 is 50.0 Å². The summed E-state index contributed by atoms with van der Waals surface area (Å²) in [6, 6.07) is 0. The molecular formula is C35H62O14S. The van der Waals surface area contributed by atoms with Crippen molar-refractivity contribution in [2.75, 3.05) is 20.3 Å². The molecule has 5 aliphatic rings. The van der Waals surface area contributed by atoms with Crippen molar-refractivity contribution in [3.8, 4) is 0 Å². The minimum atomic E-state index is -5.00. The highest BCUT2D eigenvalue weighted by atomic mass is 32.3. The predicted octanol–water partition coefficient (Wildman–Crippen LogP) is 1.02. The Labute approximate surface area is 296 Å². The molecule has 8 N–H and O–H groups in total. The van der Waals surface area contributed by atoms with Crippen molar-refractivity contribution < 1.29 is 67.1 Å². The lowest BCUT2D eigenvalue weighted by Gasteiger charge is -2.66. The van der Waals surface area contributed by atoms with E-state index in [1.54, 1.807) is 0 Å². The minimum absolute atomic E-state index is 0.0648. The Bertz CT molecular complexity index is 1270. The van der Waals surface area contributed by atoms with Gasteiger partial charge in [-0.15, -0.1) is 0 Å². The van der Waals surface area contributed by atoms with Crippen LogP contribution in [0, 0.1) is 52.3 Å². The summed E-state index contributed by atoms with van der Waals surface area (Å²) in [5.74, 6) is -2.15. The average molecular weight is 739 g/mol. The molecule has 4 aliphatic carbocycles. The summed E-state index contributed by atoms with van der Waals surface area (Å²) in [5.41, 5.74) is -3.30. The maximum atomic E-state index is 12.8. The van der Waals surface area contributed by atoms with Gasteiger partial charge in [0.25, 0.3) is 0 Å². The van der Waals surface area contributed by atoms with E-state index in [9.17, 15) is 48.7 Å². The molecule has 0 aromatic rings. The molecule has 18 atom stereocenters. The van der Waals surface area contributed by atoms with Crippen LogP contribution in [0.1, 0.15) is 86.0 Å². The number of aliphatic hydroxyl groups excluding tert-OH is 6. The van der Waals surface area contributed by atoms with Crippen LogP contribution in [0.25, 0.3) is 0 Å². The second-order valence-electron chi connectivity index (χ2n) is 17.1. The zero-order chi connectivity index (χ0) is 37.1. The largest absolute Gasteiger partial charge is 0.397 e. The summed E-state index contributed by atoms with van der Waals surface area (Å²) in [5, 5.41) is 78.6. The van der Waals surface area contributed by atoms with Gasteiger partial charge in [0.15, 0.2) is 6.29 Å². The number of methoxy groups -OCH3 is 1. The van der Waals surface area contributed by atoms with Gasteiger partial charge in [-0.1, -0.05) is 41.0 Å². The van der Waals surface area contributed by atoms with E-state index in [0.717, 1.165) is 12.8 Å². The van der Waals surface area contributed by atoms with Gasteiger partial charge in [0, 0.05) is 25.4 Å². The van der Waals surface area contributed by atoms with Crippen LogP contribution in [-0.2, 0) is 28.8 Å². The number of ether oxygens (including phenoxy) is 3. The third-order valence-electron chi connectivity index (χ3n) is 14.2. The molecule has 4 saturated carbocycles. The van der Waals surface area contributed by atoms with Gasteiger partial charge in [-0.3, -0.25) is 4.55 Å². The van der Waals surface area contributed by atoms with E-state index < -0.39 is 99.7 Å². The normalized spacial score (nSPS) is 49.2. The topological polar surface area (TPSA) is 233 Å². The molecule has 15 heteroatoms. The van der Waals surface area contributed by atoms with Crippen molar-refractivity contribution in [3.63, 3.8) is 0 Å². The van der Waals surface area contributed by atoms with E-state index in [1.165, 1.54) is 7.11 Å². The van der Waals surface area contributed by atoms with Gasteiger partial charge in [-0.2, -0.15) is 8.42 Å². The van der Waals surface area contributed by atoms with E-state index in [2.05, 4.69) is 20.8 Å². The van der Waals surface area contributed by atoms with Gasteiger partial charge in [0.05, 0.1) is 49.3 Å². The lowest BCUT2D eigenvalue weighted by atomic mass is 9.41. The third kappa shape index (κ3) is 7.18. The van der Waals surface area contributed by atoms with Crippen LogP contribution in [0.2, 0.25) is 0 Å². The highest BCUT2D eigenvalue weighted by Crippen LogP contribution is 2.70. The first kappa shape index (κ1) is 40.7. The molecule has 1 saturated heterocycles. The zero-order valence-corrected chi connectivity index (χ0v) is 31.1. The highest BCUT2D eigenvalue weighted by Gasteiger charge is 2.74. The molecule has 0 aromatic heterocycles. The molecule has 5 fully saturated rings. The van der Waals surface area contributed by atoms with Crippen molar-refractivity contribution in [1.29, 1.82) is 0 Å². The van der Waals surface area contributed by atoms with Crippen molar-refractivity contribution in [1.82, 2.24) is 0 Å². The molecule has 1 heterocycles. The summed E-state index contributed by atoms with van der Waals surface area (Å²) < 4.78 is 55.5. The molecule has 4 unspecified atom stereocenters. The maximum Gasteiger partial charge on any atom is 0.397 e. The van der Waals surface area contributed by atoms with Gasteiger partial charge >= 0.3 is 10.4 Å². The van der Waals surface area contributed by atoms with Crippen LogP contribution < -0.4 is 0 Å². The summed E-state index contributed by atoms with van der Waals surface area (Å²) in [7, 11) is -3.56. The average Bonchev–Trinajstić information content (AvgIpc) is 3.22. The smallest absolute Gasteiger partial charge is 0.390 e. The Balaban J connectivity index is 1.31. The molecule has 0 bridgehead atoms. The van der Waals surface area contributed by atoms with Crippen LogP contribution >= 0.6 is 0 Å². The molecule has 50 heavy (non-hydrogen) atoms. The van der Waals surface area contributed by atoms with Crippen molar-refractivity contribution >= 4 is 10.4 Å². The molecule has 5 rings (SSSR count). The Morgan fingerprint density at radius 1 is 0.840 bits per heavy atom. The molecule has 292 valence electrons. The van der Waals surface area contributed by atoms with Crippen LogP contribution in [0.5, 0.6) is 0 Å². The fourth-order valence-electron chi connectivity index (χ4n) is 11.8. The first-order valence-electron chi connectivity index (χ1n) is 18.4. The SMILES string of the molecule is CO[C@@H]1CO[C@@H](OCC[C@@H](CC[C@@H](C)C2[C@@H](O)[C@@H](O)C3[C@]2(C)CCC2[C@@]4(C)CC[C@H](O)[C@H](O)C4[C@@H](OS(=O)(=O)O)C[C@]23O)C(C)C)[C@H](O)[C@H]1O. The van der Waals surface area contributed by atoms with Crippen molar-refractivity contribution in [2.24, 2.45) is 52.3 Å². The molecular weight excluding hydrogens is 676 g/mol. The van der Waals surface area contributed by atoms with E-state index in [-0.39, 0.29) is 37.2 Å². The monoisotopic (exact) mass is 738 g/mol. The fourth-order valence-corrected chi connectivity index (χ4v) is 12.3. The number of aliphatic hydroxyl groups is 7. The lowest BCUT2D eigenvalue weighted by molar-refractivity contribution is -0.277. The van der Waals surface area contributed by atoms with E-state index in [4.69, 9.17) is 18.4 Å². The predicted molar refractivity (Wildman–Crippen MR) is 179 cm³/mol. The summed E-state index contributed by atoms with van der Waals surface area (Å²) in [6.07, 6.45) is -6.63.